The smallest absolute Gasteiger partial charge is 0.324 e. The predicted molar refractivity (Wildman–Crippen MR) is 89.2 cm³/mol. The van der Waals surface area contributed by atoms with Crippen LogP contribution in [-0.4, -0.2) is 54.5 Å². The van der Waals surface area contributed by atoms with Crippen molar-refractivity contribution in [2.45, 2.75) is 31.6 Å². The molecule has 2 saturated heterocycles. The maximum absolute atomic E-state index is 11.6. The highest BCUT2D eigenvalue weighted by Crippen LogP contribution is 2.33. The fourth-order valence-corrected chi connectivity index (χ4v) is 3.75. The molecule has 2 aliphatic rings. The van der Waals surface area contributed by atoms with Gasteiger partial charge in [0.2, 0.25) is 5.91 Å². The second kappa shape index (κ2) is 6.71. The van der Waals surface area contributed by atoms with Crippen molar-refractivity contribution in [2.24, 2.45) is 0 Å². The molecule has 0 radical (unpaired) electrons. The minimum Gasteiger partial charge on any atom is -0.329 e. The number of benzene rings is 1. The molecule has 23 heavy (non-hydrogen) atoms. The van der Waals surface area contributed by atoms with Crippen LogP contribution in [0.25, 0.3) is 0 Å². The molecule has 1 atom stereocenters. The molecule has 0 aromatic heterocycles. The molecule has 0 unspecified atom stereocenters. The number of carbonyl (C=O) groups is 2. The molecule has 2 heterocycles. The van der Waals surface area contributed by atoms with Gasteiger partial charge < -0.3 is 10.2 Å². The van der Waals surface area contributed by atoms with Crippen LogP contribution >= 0.6 is 0 Å². The summed E-state index contributed by atoms with van der Waals surface area (Å²) in [6, 6.07) is 10.5. The molecular formula is C18H25N3O2. The Balaban J connectivity index is 1.53. The first-order chi connectivity index (χ1) is 11.1. The van der Waals surface area contributed by atoms with Crippen LogP contribution in [0.4, 0.5) is 4.79 Å². The first-order valence-electron chi connectivity index (χ1n) is 8.45. The number of amides is 3. The van der Waals surface area contributed by atoms with Gasteiger partial charge in [-0.1, -0.05) is 37.3 Å². The summed E-state index contributed by atoms with van der Waals surface area (Å²) in [5.41, 5.74) is 1.60. The van der Waals surface area contributed by atoms with E-state index in [1.165, 1.54) is 23.3 Å². The number of imide groups is 1. The van der Waals surface area contributed by atoms with Crippen molar-refractivity contribution in [3.63, 3.8) is 0 Å². The Bertz CT molecular complexity index is 559. The molecule has 0 spiro atoms. The van der Waals surface area contributed by atoms with Crippen LogP contribution in [0, 0.1) is 0 Å². The van der Waals surface area contributed by atoms with E-state index < -0.39 is 0 Å². The zero-order chi connectivity index (χ0) is 16.3. The van der Waals surface area contributed by atoms with Crippen molar-refractivity contribution in [3.05, 3.63) is 35.9 Å². The van der Waals surface area contributed by atoms with Crippen molar-refractivity contribution in [1.29, 1.82) is 0 Å². The fraction of sp³-hybridized carbons (Fsp3) is 0.556. The van der Waals surface area contributed by atoms with Crippen molar-refractivity contribution in [3.8, 4) is 0 Å². The molecule has 3 amide bonds. The topological polar surface area (TPSA) is 52.6 Å². The van der Waals surface area contributed by atoms with E-state index in [-0.39, 0.29) is 23.9 Å². The summed E-state index contributed by atoms with van der Waals surface area (Å²) in [4.78, 5) is 26.9. The number of piperidine rings is 1. The molecule has 1 aromatic carbocycles. The molecular weight excluding hydrogens is 290 g/mol. The molecule has 3 rings (SSSR count). The third-order valence-electron chi connectivity index (χ3n) is 5.04. The molecule has 5 nitrogen and oxygen atoms in total. The Kier molecular flexibility index (Phi) is 4.66. The first kappa shape index (κ1) is 16.0. The molecule has 0 bridgehead atoms. The second-order valence-electron chi connectivity index (χ2n) is 6.86. The van der Waals surface area contributed by atoms with Gasteiger partial charge in [-0.3, -0.25) is 9.69 Å². The van der Waals surface area contributed by atoms with Gasteiger partial charge in [0.05, 0.1) is 6.54 Å². The molecule has 0 aliphatic carbocycles. The normalized spacial score (nSPS) is 25.7. The highest BCUT2D eigenvalue weighted by atomic mass is 16.2. The second-order valence-corrected chi connectivity index (χ2v) is 6.86. The van der Waals surface area contributed by atoms with Crippen LogP contribution in [0.5, 0.6) is 0 Å². The van der Waals surface area contributed by atoms with E-state index in [9.17, 15) is 9.59 Å². The summed E-state index contributed by atoms with van der Waals surface area (Å²) in [6.07, 6.45) is 3.24. The maximum Gasteiger partial charge on any atom is 0.324 e. The lowest BCUT2D eigenvalue weighted by molar-refractivity contribution is -0.125. The Hall–Kier alpha value is -1.88. The van der Waals surface area contributed by atoms with Crippen molar-refractivity contribution >= 4 is 11.9 Å². The molecule has 1 aromatic rings. The number of hydrogen-bond acceptors (Lipinski definition) is 3. The summed E-state index contributed by atoms with van der Waals surface area (Å²) in [5.74, 6) is -0.109. The van der Waals surface area contributed by atoms with Crippen molar-refractivity contribution in [1.82, 2.24) is 15.1 Å². The monoisotopic (exact) mass is 315 g/mol. The molecule has 5 heteroatoms. The Morgan fingerprint density at radius 3 is 2.65 bits per heavy atom. The molecule has 0 saturated carbocycles. The average molecular weight is 315 g/mol. The summed E-state index contributed by atoms with van der Waals surface area (Å²) in [6.45, 7) is 6.07. The largest absolute Gasteiger partial charge is 0.329 e. The molecule has 2 aliphatic heterocycles. The van der Waals surface area contributed by atoms with E-state index in [4.69, 9.17) is 0 Å². The number of hydrogen-bond donors (Lipinski definition) is 1. The van der Waals surface area contributed by atoms with E-state index in [0.717, 1.165) is 26.1 Å². The Labute approximate surface area is 137 Å². The Morgan fingerprint density at radius 2 is 1.96 bits per heavy atom. The zero-order valence-electron chi connectivity index (χ0n) is 13.8. The number of nitrogens with zero attached hydrogens (tertiary/aromatic N) is 2. The van der Waals surface area contributed by atoms with Gasteiger partial charge in [0, 0.05) is 18.5 Å². The third kappa shape index (κ3) is 3.55. The summed E-state index contributed by atoms with van der Waals surface area (Å²) in [7, 11) is 0. The summed E-state index contributed by atoms with van der Waals surface area (Å²) >= 11 is 0. The van der Waals surface area contributed by atoms with Crippen molar-refractivity contribution in [2.75, 3.05) is 32.7 Å². The van der Waals surface area contributed by atoms with Crippen LogP contribution in [0.3, 0.4) is 0 Å². The first-order valence-corrected chi connectivity index (χ1v) is 8.45. The average Bonchev–Trinajstić information content (AvgIpc) is 2.88. The number of rotatable bonds is 5. The number of nitrogens with one attached hydrogen (secondary N) is 1. The SMILES string of the molecule is C[C@@]1(c2ccccc2)CCCN(CCCN2C(=O)CNC2=O)C1. The van der Waals surface area contributed by atoms with Gasteiger partial charge >= 0.3 is 6.03 Å². The van der Waals surface area contributed by atoms with E-state index in [2.05, 4.69) is 47.5 Å². The molecule has 124 valence electrons. The van der Waals surface area contributed by atoms with Gasteiger partial charge in [-0.25, -0.2) is 4.79 Å². The van der Waals surface area contributed by atoms with E-state index in [1.54, 1.807) is 0 Å². The van der Waals surface area contributed by atoms with Crippen LogP contribution in [0.15, 0.2) is 30.3 Å². The van der Waals surface area contributed by atoms with Crippen molar-refractivity contribution < 1.29 is 9.59 Å². The molecule has 1 N–H and O–H groups in total. The van der Waals surface area contributed by atoms with Crippen LogP contribution < -0.4 is 5.32 Å². The fourth-order valence-electron chi connectivity index (χ4n) is 3.75. The van der Waals surface area contributed by atoms with E-state index >= 15 is 0 Å². The predicted octanol–water partition coefficient (Wildman–Crippen LogP) is 1.98. The van der Waals surface area contributed by atoms with Gasteiger partial charge in [-0.15, -0.1) is 0 Å². The number of carbonyl (C=O) groups excluding carboxylic acids is 2. The third-order valence-corrected chi connectivity index (χ3v) is 5.04. The van der Waals surface area contributed by atoms with Gasteiger partial charge in [-0.2, -0.15) is 0 Å². The van der Waals surface area contributed by atoms with Gasteiger partial charge in [-0.05, 0) is 37.9 Å². The lowest BCUT2D eigenvalue weighted by Crippen LogP contribution is -2.45. The van der Waals surface area contributed by atoms with Crippen LogP contribution in [-0.2, 0) is 10.2 Å². The van der Waals surface area contributed by atoms with E-state index in [1.807, 2.05) is 0 Å². The minimum absolute atomic E-state index is 0.109. The standard InChI is InChI=1S/C18H25N3O2/c1-18(15-7-3-2-4-8-15)9-5-10-20(14-18)11-6-12-21-16(22)13-19-17(21)23/h2-4,7-8H,5-6,9-14H2,1H3,(H,19,23)/t18-/m1/s1. The van der Waals surface area contributed by atoms with Gasteiger partial charge in [0.15, 0.2) is 0 Å². The van der Waals surface area contributed by atoms with Crippen LogP contribution in [0.1, 0.15) is 31.7 Å². The molecule has 2 fully saturated rings. The quantitative estimate of drug-likeness (QED) is 0.845. The highest BCUT2D eigenvalue weighted by molar-refractivity contribution is 6.01. The van der Waals surface area contributed by atoms with Crippen LogP contribution in [0.2, 0.25) is 0 Å². The number of urea groups is 1. The highest BCUT2D eigenvalue weighted by Gasteiger charge is 2.33. The summed E-state index contributed by atoms with van der Waals surface area (Å²) < 4.78 is 0. The lowest BCUT2D eigenvalue weighted by Gasteiger charge is -2.41. The van der Waals surface area contributed by atoms with E-state index in [0.29, 0.717) is 6.54 Å². The zero-order valence-corrected chi connectivity index (χ0v) is 13.8. The minimum atomic E-state index is -0.247. The number of likely N-dealkylation sites (tertiary alicyclic amines) is 1. The lowest BCUT2D eigenvalue weighted by atomic mass is 9.76. The summed E-state index contributed by atoms with van der Waals surface area (Å²) in [5, 5.41) is 2.57. The Morgan fingerprint density at radius 1 is 1.17 bits per heavy atom. The van der Waals surface area contributed by atoms with Gasteiger partial charge in [0.25, 0.3) is 0 Å². The van der Waals surface area contributed by atoms with Gasteiger partial charge in [0.1, 0.15) is 0 Å². The maximum atomic E-state index is 11.6.